The number of unbranched alkanes of at least 4 members (excludes halogenated alkanes) is 1. The van der Waals surface area contributed by atoms with Crippen molar-refractivity contribution >= 4 is 5.91 Å². The lowest BCUT2D eigenvalue weighted by atomic mass is 10.2. The first-order valence-corrected chi connectivity index (χ1v) is 7.93. The molecule has 1 N–H and O–H groups in total. The molecule has 2 aromatic rings. The molecule has 5 heteroatoms. The molecule has 0 saturated carbocycles. The molecular weight excluding hydrogens is 292 g/mol. The van der Waals surface area contributed by atoms with Gasteiger partial charge in [0.05, 0.1) is 18.8 Å². The SMILES string of the molecule is Cc1cccc(OCCCCC(=O)NCc2nc(C)c(C)o2)c1. The van der Waals surface area contributed by atoms with E-state index in [1.54, 1.807) is 0 Å². The van der Waals surface area contributed by atoms with Gasteiger partial charge in [-0.15, -0.1) is 0 Å². The Hall–Kier alpha value is -2.30. The molecule has 0 radical (unpaired) electrons. The monoisotopic (exact) mass is 316 g/mol. The molecule has 1 amide bonds. The van der Waals surface area contributed by atoms with Crippen molar-refractivity contribution in [1.82, 2.24) is 10.3 Å². The molecule has 0 atom stereocenters. The number of hydrogen-bond acceptors (Lipinski definition) is 4. The zero-order valence-corrected chi connectivity index (χ0v) is 14.0. The number of hydrogen-bond donors (Lipinski definition) is 1. The third-order valence-corrected chi connectivity index (χ3v) is 3.57. The van der Waals surface area contributed by atoms with Crippen molar-refractivity contribution in [2.24, 2.45) is 0 Å². The van der Waals surface area contributed by atoms with Crippen molar-refractivity contribution in [2.75, 3.05) is 6.61 Å². The van der Waals surface area contributed by atoms with Gasteiger partial charge in [-0.2, -0.15) is 0 Å². The summed E-state index contributed by atoms with van der Waals surface area (Å²) in [5.41, 5.74) is 2.04. The fourth-order valence-corrected chi connectivity index (χ4v) is 2.16. The highest BCUT2D eigenvalue weighted by molar-refractivity contribution is 5.75. The molecule has 0 fully saturated rings. The summed E-state index contributed by atoms with van der Waals surface area (Å²) >= 11 is 0. The largest absolute Gasteiger partial charge is 0.494 e. The second-order valence-electron chi connectivity index (χ2n) is 5.65. The first-order valence-electron chi connectivity index (χ1n) is 7.93. The highest BCUT2D eigenvalue weighted by Crippen LogP contribution is 2.13. The molecule has 1 heterocycles. The number of oxazole rings is 1. The summed E-state index contributed by atoms with van der Waals surface area (Å²) in [7, 11) is 0. The number of nitrogens with one attached hydrogen (secondary N) is 1. The summed E-state index contributed by atoms with van der Waals surface area (Å²) in [6.45, 7) is 6.75. The number of amides is 1. The Morgan fingerprint density at radius 2 is 2.09 bits per heavy atom. The average Bonchev–Trinajstić information content (AvgIpc) is 2.83. The third-order valence-electron chi connectivity index (χ3n) is 3.57. The normalized spacial score (nSPS) is 10.6. The van der Waals surface area contributed by atoms with E-state index < -0.39 is 0 Å². The molecule has 0 bridgehead atoms. The molecule has 0 unspecified atom stereocenters. The van der Waals surface area contributed by atoms with Crippen LogP contribution in [0.4, 0.5) is 0 Å². The van der Waals surface area contributed by atoms with Crippen LogP contribution in [0.25, 0.3) is 0 Å². The van der Waals surface area contributed by atoms with Crippen molar-refractivity contribution in [3.8, 4) is 5.75 Å². The van der Waals surface area contributed by atoms with Crippen LogP contribution in [0.5, 0.6) is 5.75 Å². The van der Waals surface area contributed by atoms with Gasteiger partial charge < -0.3 is 14.5 Å². The van der Waals surface area contributed by atoms with Gasteiger partial charge in [0, 0.05) is 6.42 Å². The van der Waals surface area contributed by atoms with Crippen LogP contribution in [0.2, 0.25) is 0 Å². The van der Waals surface area contributed by atoms with E-state index in [9.17, 15) is 4.79 Å². The predicted molar refractivity (Wildman–Crippen MR) is 88.3 cm³/mol. The van der Waals surface area contributed by atoms with Gasteiger partial charge >= 0.3 is 0 Å². The topological polar surface area (TPSA) is 64.4 Å². The minimum atomic E-state index is 0.00839. The third kappa shape index (κ3) is 5.77. The molecule has 1 aromatic heterocycles. The molecule has 0 aliphatic heterocycles. The van der Waals surface area contributed by atoms with Crippen LogP contribution in [0.1, 0.15) is 42.2 Å². The quantitative estimate of drug-likeness (QED) is 0.757. The van der Waals surface area contributed by atoms with Gasteiger partial charge in [-0.25, -0.2) is 4.98 Å². The predicted octanol–water partition coefficient (Wildman–Crippen LogP) is 3.47. The van der Waals surface area contributed by atoms with Gasteiger partial charge in [0.1, 0.15) is 11.5 Å². The lowest BCUT2D eigenvalue weighted by Gasteiger charge is -2.07. The lowest BCUT2D eigenvalue weighted by Crippen LogP contribution is -2.22. The summed E-state index contributed by atoms with van der Waals surface area (Å²) in [6.07, 6.45) is 2.12. The molecule has 0 spiro atoms. The van der Waals surface area contributed by atoms with Gasteiger partial charge in [-0.05, 0) is 51.3 Å². The van der Waals surface area contributed by atoms with Gasteiger partial charge in [-0.1, -0.05) is 12.1 Å². The zero-order chi connectivity index (χ0) is 16.7. The number of rotatable bonds is 8. The smallest absolute Gasteiger partial charge is 0.220 e. The van der Waals surface area contributed by atoms with Crippen molar-refractivity contribution < 1.29 is 13.9 Å². The number of carbonyl (C=O) groups is 1. The summed E-state index contributed by atoms with van der Waals surface area (Å²) in [4.78, 5) is 16.0. The molecule has 5 nitrogen and oxygen atoms in total. The van der Waals surface area contributed by atoms with E-state index in [0.717, 1.165) is 30.0 Å². The minimum absolute atomic E-state index is 0.00839. The highest BCUT2D eigenvalue weighted by Gasteiger charge is 2.07. The van der Waals surface area contributed by atoms with Crippen LogP contribution >= 0.6 is 0 Å². The van der Waals surface area contributed by atoms with Gasteiger partial charge in [-0.3, -0.25) is 4.79 Å². The molecule has 0 saturated heterocycles. The molecule has 1 aromatic carbocycles. The van der Waals surface area contributed by atoms with Crippen LogP contribution in [-0.4, -0.2) is 17.5 Å². The molecule has 23 heavy (non-hydrogen) atoms. The van der Waals surface area contributed by atoms with E-state index in [1.165, 1.54) is 5.56 Å². The Kier molecular flexibility index (Phi) is 6.20. The second kappa shape index (κ2) is 8.36. The number of nitrogens with zero attached hydrogens (tertiary/aromatic N) is 1. The van der Waals surface area contributed by atoms with Crippen molar-refractivity contribution in [3.63, 3.8) is 0 Å². The van der Waals surface area contributed by atoms with Gasteiger partial charge in [0.2, 0.25) is 11.8 Å². The van der Waals surface area contributed by atoms with Crippen LogP contribution in [0.3, 0.4) is 0 Å². The standard InChI is InChI=1S/C18H24N2O3/c1-13-7-6-8-16(11-13)22-10-5-4-9-17(21)19-12-18-20-14(2)15(3)23-18/h6-8,11H,4-5,9-10,12H2,1-3H3,(H,19,21). The summed E-state index contributed by atoms with van der Waals surface area (Å²) < 4.78 is 11.1. The molecule has 124 valence electrons. The second-order valence-corrected chi connectivity index (χ2v) is 5.65. The summed E-state index contributed by atoms with van der Waals surface area (Å²) in [5, 5.41) is 2.82. The van der Waals surface area contributed by atoms with E-state index in [2.05, 4.69) is 10.3 Å². The Bertz CT molecular complexity index is 630. The average molecular weight is 316 g/mol. The van der Waals surface area contributed by atoms with Crippen molar-refractivity contribution in [3.05, 3.63) is 47.2 Å². The Balaban J connectivity index is 1.58. The zero-order valence-electron chi connectivity index (χ0n) is 14.0. The molecule has 2 rings (SSSR count). The maximum atomic E-state index is 11.8. The molecule has 0 aliphatic rings. The van der Waals surface area contributed by atoms with Crippen molar-refractivity contribution in [2.45, 2.75) is 46.6 Å². The van der Waals surface area contributed by atoms with E-state index >= 15 is 0 Å². The lowest BCUT2D eigenvalue weighted by molar-refractivity contribution is -0.121. The molecular formula is C18H24N2O3. The number of ether oxygens (including phenoxy) is 1. The highest BCUT2D eigenvalue weighted by atomic mass is 16.5. The van der Waals surface area contributed by atoms with E-state index in [0.29, 0.717) is 25.5 Å². The van der Waals surface area contributed by atoms with Crippen LogP contribution in [0.15, 0.2) is 28.7 Å². The maximum absolute atomic E-state index is 11.8. The number of aryl methyl sites for hydroxylation is 3. The first kappa shape index (κ1) is 17.1. The van der Waals surface area contributed by atoms with Crippen LogP contribution in [-0.2, 0) is 11.3 Å². The van der Waals surface area contributed by atoms with Crippen molar-refractivity contribution in [1.29, 1.82) is 0 Å². The Morgan fingerprint density at radius 1 is 1.26 bits per heavy atom. The fraction of sp³-hybridized carbons (Fsp3) is 0.444. The van der Waals surface area contributed by atoms with Crippen LogP contribution < -0.4 is 10.1 Å². The summed E-state index contributed by atoms with van der Waals surface area (Å²) in [5.74, 6) is 2.23. The van der Waals surface area contributed by atoms with E-state index in [1.807, 2.05) is 45.0 Å². The Labute approximate surface area is 137 Å². The number of benzene rings is 1. The summed E-state index contributed by atoms with van der Waals surface area (Å²) in [6, 6.07) is 7.96. The fourth-order valence-electron chi connectivity index (χ4n) is 2.16. The Morgan fingerprint density at radius 3 is 2.78 bits per heavy atom. The van der Waals surface area contributed by atoms with Gasteiger partial charge in [0.25, 0.3) is 0 Å². The first-order chi connectivity index (χ1) is 11.0. The van der Waals surface area contributed by atoms with Gasteiger partial charge in [0.15, 0.2) is 0 Å². The minimum Gasteiger partial charge on any atom is -0.494 e. The maximum Gasteiger partial charge on any atom is 0.220 e. The molecule has 0 aliphatic carbocycles. The van der Waals surface area contributed by atoms with E-state index in [-0.39, 0.29) is 5.91 Å². The number of carbonyl (C=O) groups excluding carboxylic acids is 1. The number of aromatic nitrogens is 1. The van der Waals surface area contributed by atoms with Crippen LogP contribution in [0, 0.1) is 20.8 Å². The van der Waals surface area contributed by atoms with E-state index in [4.69, 9.17) is 9.15 Å².